The van der Waals surface area contributed by atoms with E-state index in [0.29, 0.717) is 0 Å². The summed E-state index contributed by atoms with van der Waals surface area (Å²) in [5.74, 6) is -1.86. The molecule has 0 bridgehead atoms. The molecule has 0 unspecified atom stereocenters. The molecule has 0 fully saturated rings. The Hall–Kier alpha value is -2.77. The molecule has 0 spiro atoms. The second-order valence-corrected chi connectivity index (χ2v) is 4.69. The zero-order valence-electron chi connectivity index (χ0n) is 11.4. The fraction of sp³-hybridized carbons (Fsp3) is 0.133. The number of halogens is 4. The van der Waals surface area contributed by atoms with Crippen LogP contribution in [0.5, 0.6) is 11.5 Å². The van der Waals surface area contributed by atoms with Crippen LogP contribution in [0.4, 0.5) is 23.2 Å². The summed E-state index contributed by atoms with van der Waals surface area (Å²) in [5.41, 5.74) is 0.0606. The van der Waals surface area contributed by atoms with Crippen molar-refractivity contribution in [2.75, 3.05) is 5.32 Å². The van der Waals surface area contributed by atoms with E-state index >= 15 is 0 Å². The Bertz CT molecular complexity index is 750. The minimum Gasteiger partial charge on any atom is -0.421 e. The molecular formula is C15H9F4NO3. The third kappa shape index (κ3) is 2.67. The van der Waals surface area contributed by atoms with E-state index in [0.717, 1.165) is 6.07 Å². The summed E-state index contributed by atoms with van der Waals surface area (Å²) in [4.78, 5) is 12.0. The lowest BCUT2D eigenvalue weighted by atomic mass is 10.2. The number of carbonyl (C=O) groups is 1. The number of fused-ring (bicyclic) bond motifs is 1. The second-order valence-electron chi connectivity index (χ2n) is 4.69. The van der Waals surface area contributed by atoms with Crippen LogP contribution in [-0.4, -0.2) is 18.1 Å². The van der Waals surface area contributed by atoms with Crippen molar-refractivity contribution in [1.82, 2.24) is 0 Å². The number of ether oxygens (including phenoxy) is 2. The molecule has 120 valence electrons. The van der Waals surface area contributed by atoms with Gasteiger partial charge in [0, 0.05) is 5.56 Å². The van der Waals surface area contributed by atoms with E-state index in [4.69, 9.17) is 0 Å². The minimum absolute atomic E-state index is 0.202. The van der Waals surface area contributed by atoms with Crippen LogP contribution >= 0.6 is 0 Å². The maximum absolute atomic E-state index is 13.3. The van der Waals surface area contributed by atoms with Crippen molar-refractivity contribution in [3.05, 3.63) is 54.1 Å². The molecule has 0 atom stereocenters. The Balaban J connectivity index is 1.93. The number of hydrogen-bond acceptors (Lipinski definition) is 3. The summed E-state index contributed by atoms with van der Waals surface area (Å²) >= 11 is 0. The molecule has 2 aromatic rings. The van der Waals surface area contributed by atoms with E-state index in [1.54, 1.807) is 18.2 Å². The number of amides is 1. The van der Waals surface area contributed by atoms with Gasteiger partial charge < -0.3 is 14.8 Å². The topological polar surface area (TPSA) is 47.6 Å². The Kier molecular flexibility index (Phi) is 3.39. The van der Waals surface area contributed by atoms with Crippen LogP contribution in [0.25, 0.3) is 0 Å². The maximum Gasteiger partial charge on any atom is 0.507 e. The Morgan fingerprint density at radius 1 is 0.870 bits per heavy atom. The fourth-order valence-electron chi connectivity index (χ4n) is 1.97. The molecule has 2 aromatic carbocycles. The maximum atomic E-state index is 13.3. The van der Waals surface area contributed by atoms with Gasteiger partial charge in [-0.05, 0) is 24.3 Å². The molecule has 0 saturated carbocycles. The van der Waals surface area contributed by atoms with E-state index in [9.17, 15) is 22.4 Å². The fourth-order valence-corrected chi connectivity index (χ4v) is 1.97. The number of carbonyl (C=O) groups excluding carboxylic acids is 1. The van der Waals surface area contributed by atoms with Crippen LogP contribution in [0.1, 0.15) is 10.4 Å². The number of nitrogens with one attached hydrogen (secondary N) is 1. The lowest BCUT2D eigenvalue weighted by Crippen LogP contribution is -2.52. The zero-order valence-corrected chi connectivity index (χ0v) is 11.4. The van der Waals surface area contributed by atoms with Gasteiger partial charge >= 0.3 is 12.2 Å². The van der Waals surface area contributed by atoms with Gasteiger partial charge in [0.25, 0.3) is 5.91 Å². The van der Waals surface area contributed by atoms with Crippen LogP contribution in [0.15, 0.2) is 48.5 Å². The van der Waals surface area contributed by atoms with Gasteiger partial charge in [-0.1, -0.05) is 24.3 Å². The van der Waals surface area contributed by atoms with E-state index < -0.39 is 29.6 Å². The smallest absolute Gasteiger partial charge is 0.421 e. The minimum atomic E-state index is -4.85. The van der Waals surface area contributed by atoms with E-state index in [-0.39, 0.29) is 11.3 Å². The summed E-state index contributed by atoms with van der Waals surface area (Å²) < 4.78 is 60.9. The van der Waals surface area contributed by atoms with E-state index in [2.05, 4.69) is 14.8 Å². The lowest BCUT2D eigenvalue weighted by molar-refractivity contribution is -0.391. The van der Waals surface area contributed by atoms with Crippen LogP contribution in [0.2, 0.25) is 0 Å². The third-order valence-corrected chi connectivity index (χ3v) is 3.07. The van der Waals surface area contributed by atoms with Gasteiger partial charge in [0.1, 0.15) is 0 Å². The summed E-state index contributed by atoms with van der Waals surface area (Å²) in [6, 6.07) is 11.5. The summed E-state index contributed by atoms with van der Waals surface area (Å²) in [6.45, 7) is 0. The standard InChI is InChI=1S/C15H9F4NO3/c16-14(17)15(18,19)23-12-10(7-4-8-11(12)22-14)20-13(21)9-5-2-1-3-6-9/h1-8H,(H,20,21). The molecule has 3 rings (SSSR count). The van der Waals surface area contributed by atoms with Crippen molar-refractivity contribution in [1.29, 1.82) is 0 Å². The van der Waals surface area contributed by atoms with Gasteiger partial charge in [0.2, 0.25) is 0 Å². The van der Waals surface area contributed by atoms with E-state index in [1.807, 2.05) is 0 Å². The van der Waals surface area contributed by atoms with Gasteiger partial charge in [-0.15, -0.1) is 0 Å². The highest BCUT2D eigenvalue weighted by Gasteiger charge is 2.66. The third-order valence-electron chi connectivity index (χ3n) is 3.07. The van der Waals surface area contributed by atoms with Crippen LogP contribution < -0.4 is 14.8 Å². The first-order chi connectivity index (χ1) is 10.8. The molecule has 0 aromatic heterocycles. The molecule has 8 heteroatoms. The quantitative estimate of drug-likeness (QED) is 0.851. The van der Waals surface area contributed by atoms with Crippen molar-refractivity contribution in [2.45, 2.75) is 12.2 Å². The van der Waals surface area contributed by atoms with Gasteiger partial charge in [0.05, 0.1) is 5.69 Å². The number of benzene rings is 2. The SMILES string of the molecule is O=C(Nc1cccc2c1OC(F)(F)C(F)(F)O2)c1ccccc1. The molecule has 23 heavy (non-hydrogen) atoms. The highest BCUT2D eigenvalue weighted by Crippen LogP contribution is 2.49. The number of hydrogen-bond donors (Lipinski definition) is 1. The highest BCUT2D eigenvalue weighted by molar-refractivity contribution is 6.05. The molecule has 0 radical (unpaired) electrons. The first-order valence-corrected chi connectivity index (χ1v) is 6.43. The number of rotatable bonds is 2. The molecule has 1 amide bonds. The number of para-hydroxylation sites is 1. The average Bonchev–Trinajstić information content (AvgIpc) is 2.49. The highest BCUT2D eigenvalue weighted by atomic mass is 19.3. The predicted molar refractivity (Wildman–Crippen MR) is 72.0 cm³/mol. The monoisotopic (exact) mass is 327 g/mol. The first kappa shape index (κ1) is 15.1. The van der Waals surface area contributed by atoms with Crippen molar-refractivity contribution < 1.29 is 31.8 Å². The van der Waals surface area contributed by atoms with Gasteiger partial charge in [-0.2, -0.15) is 17.6 Å². The Labute approximate surface area is 127 Å². The predicted octanol–water partition coefficient (Wildman–Crippen LogP) is 3.90. The van der Waals surface area contributed by atoms with Gasteiger partial charge in [0.15, 0.2) is 11.5 Å². The van der Waals surface area contributed by atoms with E-state index in [1.165, 1.54) is 24.3 Å². The molecule has 0 saturated heterocycles. The van der Waals surface area contributed by atoms with Crippen molar-refractivity contribution in [2.24, 2.45) is 0 Å². The van der Waals surface area contributed by atoms with Crippen molar-refractivity contribution in [3.8, 4) is 11.5 Å². The Morgan fingerprint density at radius 2 is 1.52 bits per heavy atom. The number of anilines is 1. The second kappa shape index (κ2) is 5.15. The molecular weight excluding hydrogens is 318 g/mol. The van der Waals surface area contributed by atoms with Crippen LogP contribution in [-0.2, 0) is 0 Å². The molecule has 1 aliphatic heterocycles. The summed E-state index contributed by atoms with van der Waals surface area (Å²) in [6.07, 6.45) is -9.66. The van der Waals surface area contributed by atoms with Crippen LogP contribution in [0.3, 0.4) is 0 Å². The lowest BCUT2D eigenvalue weighted by Gasteiger charge is -2.32. The summed E-state index contributed by atoms with van der Waals surface area (Å²) in [5, 5.41) is 2.33. The van der Waals surface area contributed by atoms with Crippen LogP contribution in [0, 0.1) is 0 Å². The first-order valence-electron chi connectivity index (χ1n) is 6.43. The molecule has 0 aliphatic carbocycles. The molecule has 1 aliphatic rings. The van der Waals surface area contributed by atoms with Gasteiger partial charge in [-0.25, -0.2) is 0 Å². The normalized spacial score (nSPS) is 17.4. The Morgan fingerprint density at radius 3 is 2.22 bits per heavy atom. The average molecular weight is 327 g/mol. The summed E-state index contributed by atoms with van der Waals surface area (Å²) in [7, 11) is 0. The molecule has 1 N–H and O–H groups in total. The zero-order chi connectivity index (χ0) is 16.7. The van der Waals surface area contributed by atoms with Crippen molar-refractivity contribution in [3.63, 3.8) is 0 Å². The molecule has 1 heterocycles. The molecule has 4 nitrogen and oxygen atoms in total. The number of alkyl halides is 4. The largest absolute Gasteiger partial charge is 0.507 e. The van der Waals surface area contributed by atoms with Gasteiger partial charge in [-0.3, -0.25) is 4.79 Å². The van der Waals surface area contributed by atoms with Crippen molar-refractivity contribution >= 4 is 11.6 Å².